The molecule has 1 rings (SSSR count). The second kappa shape index (κ2) is 11.6. The fraction of sp³-hybridized carbons (Fsp3) is 0.533. The van der Waals surface area contributed by atoms with Crippen LogP contribution in [0.15, 0.2) is 29.3 Å². The molecule has 0 saturated carbocycles. The second-order valence-electron chi connectivity index (χ2n) is 4.51. The van der Waals surface area contributed by atoms with Crippen molar-refractivity contribution in [2.24, 2.45) is 4.99 Å². The van der Waals surface area contributed by atoms with Gasteiger partial charge in [-0.1, -0.05) is 12.1 Å². The first-order valence-electron chi connectivity index (χ1n) is 6.87. The molecule has 21 heavy (non-hydrogen) atoms. The van der Waals surface area contributed by atoms with E-state index in [9.17, 15) is 0 Å². The van der Waals surface area contributed by atoms with Crippen molar-refractivity contribution in [1.82, 2.24) is 10.6 Å². The van der Waals surface area contributed by atoms with Gasteiger partial charge < -0.3 is 20.1 Å². The molecule has 0 aliphatic carbocycles. The molecule has 0 bridgehead atoms. The Bertz CT molecular complexity index is 427. The number of halogens is 1. The third-order valence-electron chi connectivity index (χ3n) is 2.69. The van der Waals surface area contributed by atoms with Crippen molar-refractivity contribution in [3.8, 4) is 5.75 Å². The number of nitrogens with one attached hydrogen (secondary N) is 2. The van der Waals surface area contributed by atoms with Gasteiger partial charge in [0.2, 0.25) is 0 Å². The van der Waals surface area contributed by atoms with Crippen molar-refractivity contribution in [2.45, 2.75) is 26.4 Å². The fourth-order valence-electron chi connectivity index (χ4n) is 1.82. The normalized spacial score (nSPS) is 12.3. The maximum Gasteiger partial charge on any atom is 0.191 e. The first-order chi connectivity index (χ1) is 9.69. The van der Waals surface area contributed by atoms with Crippen LogP contribution in [0.4, 0.5) is 0 Å². The topological polar surface area (TPSA) is 54.9 Å². The molecular weight excluding hydrogens is 381 g/mol. The van der Waals surface area contributed by atoms with Gasteiger partial charge in [-0.05, 0) is 31.5 Å². The van der Waals surface area contributed by atoms with Gasteiger partial charge in [0.15, 0.2) is 5.96 Å². The Hall–Kier alpha value is -1.02. The lowest BCUT2D eigenvalue weighted by atomic mass is 10.2. The van der Waals surface area contributed by atoms with Gasteiger partial charge in [0.1, 0.15) is 5.75 Å². The zero-order chi connectivity index (χ0) is 14.8. The molecule has 0 heterocycles. The minimum absolute atomic E-state index is 0. The number of aliphatic imine (C=N–C) groups is 1. The lowest BCUT2D eigenvalue weighted by molar-refractivity contribution is 0.179. The molecule has 2 N–H and O–H groups in total. The summed E-state index contributed by atoms with van der Waals surface area (Å²) in [4.78, 5) is 4.19. The van der Waals surface area contributed by atoms with Crippen molar-refractivity contribution in [3.63, 3.8) is 0 Å². The number of nitrogens with zero attached hydrogens (tertiary/aromatic N) is 1. The summed E-state index contributed by atoms with van der Waals surface area (Å²) in [6.45, 7) is 6.04. The zero-order valence-corrected chi connectivity index (χ0v) is 15.5. The van der Waals surface area contributed by atoms with Crippen molar-refractivity contribution < 1.29 is 9.47 Å². The van der Waals surface area contributed by atoms with Gasteiger partial charge in [0, 0.05) is 26.7 Å². The zero-order valence-electron chi connectivity index (χ0n) is 13.2. The Morgan fingerprint density at radius 2 is 2.14 bits per heavy atom. The Morgan fingerprint density at radius 3 is 2.76 bits per heavy atom. The van der Waals surface area contributed by atoms with Gasteiger partial charge >= 0.3 is 0 Å². The highest BCUT2D eigenvalue weighted by molar-refractivity contribution is 14.0. The molecule has 0 saturated heterocycles. The third kappa shape index (κ3) is 8.11. The summed E-state index contributed by atoms with van der Waals surface area (Å²) in [6.07, 6.45) is 0. The summed E-state index contributed by atoms with van der Waals surface area (Å²) in [7, 11) is 3.44. The molecule has 0 radical (unpaired) electrons. The van der Waals surface area contributed by atoms with E-state index in [2.05, 4.69) is 21.7 Å². The SMILES string of the molecule is CCOc1cccc(CNC(=NC)NC(C)COC)c1.I. The average molecular weight is 407 g/mol. The highest BCUT2D eigenvalue weighted by Gasteiger charge is 2.04. The molecule has 0 aliphatic heterocycles. The minimum atomic E-state index is 0. The van der Waals surface area contributed by atoms with E-state index in [0.29, 0.717) is 19.8 Å². The number of hydrogen-bond donors (Lipinski definition) is 2. The number of ether oxygens (including phenoxy) is 2. The first kappa shape index (κ1) is 20.0. The maximum absolute atomic E-state index is 5.49. The van der Waals surface area contributed by atoms with Crippen LogP contribution in [0, 0.1) is 0 Å². The van der Waals surface area contributed by atoms with Crippen LogP contribution in [0.1, 0.15) is 19.4 Å². The fourth-order valence-corrected chi connectivity index (χ4v) is 1.82. The number of methoxy groups -OCH3 is 1. The van der Waals surface area contributed by atoms with Crippen LogP contribution in [0.3, 0.4) is 0 Å². The molecule has 120 valence electrons. The summed E-state index contributed by atoms with van der Waals surface area (Å²) in [5.41, 5.74) is 1.15. The van der Waals surface area contributed by atoms with Gasteiger partial charge in [0.05, 0.1) is 13.2 Å². The Kier molecular flexibility index (Phi) is 11.1. The highest BCUT2D eigenvalue weighted by Crippen LogP contribution is 2.12. The number of benzene rings is 1. The Morgan fingerprint density at radius 1 is 1.38 bits per heavy atom. The largest absolute Gasteiger partial charge is 0.494 e. The summed E-state index contributed by atoms with van der Waals surface area (Å²) in [6, 6.07) is 8.25. The number of guanidine groups is 1. The van der Waals surface area contributed by atoms with E-state index in [0.717, 1.165) is 17.3 Å². The van der Waals surface area contributed by atoms with E-state index < -0.39 is 0 Å². The molecule has 6 heteroatoms. The van der Waals surface area contributed by atoms with E-state index in [4.69, 9.17) is 9.47 Å². The van der Waals surface area contributed by atoms with E-state index in [1.54, 1.807) is 14.2 Å². The van der Waals surface area contributed by atoms with Crippen molar-refractivity contribution in [2.75, 3.05) is 27.4 Å². The predicted octanol–water partition coefficient (Wildman–Crippen LogP) is 2.40. The van der Waals surface area contributed by atoms with Crippen LogP contribution in [-0.4, -0.2) is 39.4 Å². The summed E-state index contributed by atoms with van der Waals surface area (Å²) in [5, 5.41) is 6.53. The minimum Gasteiger partial charge on any atom is -0.494 e. The lowest BCUT2D eigenvalue weighted by Crippen LogP contribution is -2.43. The smallest absolute Gasteiger partial charge is 0.191 e. The van der Waals surface area contributed by atoms with E-state index in [1.807, 2.05) is 32.0 Å². The number of rotatable bonds is 7. The molecule has 0 amide bonds. The molecule has 1 aromatic carbocycles. The monoisotopic (exact) mass is 407 g/mol. The van der Waals surface area contributed by atoms with Crippen molar-refractivity contribution >= 4 is 29.9 Å². The van der Waals surface area contributed by atoms with E-state index >= 15 is 0 Å². The summed E-state index contributed by atoms with van der Waals surface area (Å²) < 4.78 is 10.6. The molecule has 1 aromatic rings. The molecule has 1 unspecified atom stereocenters. The molecular formula is C15H26IN3O2. The standard InChI is InChI=1S/C15H25N3O2.HI/c1-5-20-14-8-6-7-13(9-14)10-17-15(16-3)18-12(2)11-19-4;/h6-9,12H,5,10-11H2,1-4H3,(H2,16,17,18);1H. The van der Waals surface area contributed by atoms with Gasteiger partial charge in [-0.3, -0.25) is 4.99 Å². The number of hydrogen-bond acceptors (Lipinski definition) is 3. The van der Waals surface area contributed by atoms with Crippen LogP contribution in [0.2, 0.25) is 0 Å². The van der Waals surface area contributed by atoms with Crippen molar-refractivity contribution in [1.29, 1.82) is 0 Å². The van der Waals surface area contributed by atoms with Crippen LogP contribution in [0.25, 0.3) is 0 Å². The van der Waals surface area contributed by atoms with Crippen LogP contribution in [0.5, 0.6) is 5.75 Å². The van der Waals surface area contributed by atoms with Gasteiger partial charge in [-0.25, -0.2) is 0 Å². The van der Waals surface area contributed by atoms with Crippen molar-refractivity contribution in [3.05, 3.63) is 29.8 Å². The summed E-state index contributed by atoms with van der Waals surface area (Å²) >= 11 is 0. The lowest BCUT2D eigenvalue weighted by Gasteiger charge is -2.17. The molecule has 0 aromatic heterocycles. The Labute approximate surface area is 144 Å². The van der Waals surface area contributed by atoms with Gasteiger partial charge in [-0.2, -0.15) is 0 Å². The molecule has 0 fully saturated rings. The van der Waals surface area contributed by atoms with Crippen LogP contribution in [-0.2, 0) is 11.3 Å². The molecule has 0 aliphatic rings. The van der Waals surface area contributed by atoms with E-state index in [-0.39, 0.29) is 30.0 Å². The Balaban J connectivity index is 0.00000400. The molecule has 1 atom stereocenters. The molecule has 0 spiro atoms. The third-order valence-corrected chi connectivity index (χ3v) is 2.69. The van der Waals surface area contributed by atoms with Crippen LogP contribution >= 0.6 is 24.0 Å². The summed E-state index contributed by atoms with van der Waals surface area (Å²) in [5.74, 6) is 1.65. The quantitative estimate of drug-likeness (QED) is 0.414. The van der Waals surface area contributed by atoms with Gasteiger partial charge in [0.25, 0.3) is 0 Å². The van der Waals surface area contributed by atoms with E-state index in [1.165, 1.54) is 0 Å². The average Bonchev–Trinajstić information content (AvgIpc) is 2.44. The maximum atomic E-state index is 5.49. The highest BCUT2D eigenvalue weighted by atomic mass is 127. The first-order valence-corrected chi connectivity index (χ1v) is 6.87. The predicted molar refractivity (Wildman–Crippen MR) is 97.7 cm³/mol. The molecule has 5 nitrogen and oxygen atoms in total. The second-order valence-corrected chi connectivity index (χ2v) is 4.51. The van der Waals surface area contributed by atoms with Crippen LogP contribution < -0.4 is 15.4 Å². The van der Waals surface area contributed by atoms with Gasteiger partial charge in [-0.15, -0.1) is 24.0 Å².